The summed E-state index contributed by atoms with van der Waals surface area (Å²) in [6, 6.07) is 0. The second-order valence-corrected chi connectivity index (χ2v) is 4.18. The number of rotatable bonds is 7. The molecule has 0 aromatic carbocycles. The smallest absolute Gasteiger partial charge is 0.418 e. The Balaban J connectivity index is 0.000000621. The van der Waals surface area contributed by atoms with Crippen molar-refractivity contribution in [3.05, 3.63) is 29.2 Å². The van der Waals surface area contributed by atoms with Crippen molar-refractivity contribution in [1.82, 2.24) is 4.57 Å². The van der Waals surface area contributed by atoms with Crippen LogP contribution in [0.2, 0.25) is 0 Å². The average Bonchev–Trinajstić information content (AvgIpc) is 2.72. The first kappa shape index (κ1) is 18.3. The van der Waals surface area contributed by atoms with Crippen LogP contribution in [0, 0.1) is 0 Å². The molecule has 1 rings (SSSR count). The molecule has 0 atom stereocenters. The van der Waals surface area contributed by atoms with Crippen LogP contribution >= 0.6 is 0 Å². The molecule has 114 valence electrons. The summed E-state index contributed by atoms with van der Waals surface area (Å²) in [7, 11) is -3.98. The molecule has 0 spiro atoms. The third-order valence-corrected chi connectivity index (χ3v) is 2.31. The van der Waals surface area contributed by atoms with Gasteiger partial charge in [-0.25, -0.2) is 9.13 Å². The van der Waals surface area contributed by atoms with Gasteiger partial charge in [-0.2, -0.15) is 0 Å². The molecule has 20 heavy (non-hydrogen) atoms. The summed E-state index contributed by atoms with van der Waals surface area (Å²) in [5.41, 5.74) is 8.07. The monoisotopic (exact) mass is 295 g/mol. The van der Waals surface area contributed by atoms with Gasteiger partial charge in [0.1, 0.15) is 12.4 Å². The van der Waals surface area contributed by atoms with Gasteiger partial charge in [-0.05, 0) is 24.8 Å². The first-order chi connectivity index (χ1) is 9.33. The summed E-state index contributed by atoms with van der Waals surface area (Å²) >= 11 is 0. The van der Waals surface area contributed by atoms with Gasteiger partial charge in [0.25, 0.3) is 0 Å². The molecule has 10 heteroatoms. The fourth-order valence-electron chi connectivity index (χ4n) is 1.51. The molecule has 0 unspecified atom stereocenters. The number of hydrogen-bond donors (Lipinski definition) is 0. The second-order valence-electron chi connectivity index (χ2n) is 4.18. The number of hydrogen-bond acceptors (Lipinski definition) is 1. The molecule has 0 N–H and O–H groups in total. The second kappa shape index (κ2) is 10.1. The maximum absolute atomic E-state index is 9.75. The summed E-state index contributed by atoms with van der Waals surface area (Å²) in [4.78, 5) is 2.72. The van der Waals surface area contributed by atoms with Gasteiger partial charge in [0.2, 0.25) is 6.33 Å². The Hall–Kier alpha value is -1.70. The van der Waals surface area contributed by atoms with Crippen molar-refractivity contribution in [2.45, 2.75) is 32.2 Å². The number of aromatic nitrogens is 2. The fraction of sp³-hybridized carbons (Fsp3) is 0.700. The van der Waals surface area contributed by atoms with E-state index >= 15 is 0 Å². The van der Waals surface area contributed by atoms with Crippen LogP contribution in [0.1, 0.15) is 25.7 Å². The van der Waals surface area contributed by atoms with Gasteiger partial charge in [0.15, 0.2) is 0 Å². The van der Waals surface area contributed by atoms with E-state index in [1.807, 2.05) is 17.8 Å². The summed E-state index contributed by atoms with van der Waals surface area (Å²) < 4.78 is 43.2. The highest BCUT2D eigenvalue weighted by Gasteiger charge is 2.20. The Labute approximate surface area is 114 Å². The van der Waals surface area contributed by atoms with Crippen LogP contribution in [-0.2, 0) is 13.6 Å². The Kier molecular flexibility index (Phi) is 9.28. The van der Waals surface area contributed by atoms with Crippen LogP contribution < -0.4 is 4.57 Å². The highest BCUT2D eigenvalue weighted by Crippen LogP contribution is 2.06. The normalized spacial score (nSPS) is 10.4. The molecule has 0 aliphatic heterocycles. The lowest BCUT2D eigenvalue weighted by Crippen LogP contribution is -2.23. The van der Waals surface area contributed by atoms with Crippen LogP contribution in [0.4, 0.5) is 17.3 Å². The Bertz CT molecular complexity index is 408. The van der Waals surface area contributed by atoms with Gasteiger partial charge in [-0.1, -0.05) is 11.5 Å². The van der Waals surface area contributed by atoms with E-state index in [-0.39, 0.29) is 0 Å². The number of unbranched alkanes of at least 4 members (excludes halogenated alkanes) is 3. The Morgan fingerprint density at radius 3 is 2.30 bits per heavy atom. The van der Waals surface area contributed by atoms with Gasteiger partial charge in [-0.15, -0.1) is 0 Å². The van der Waals surface area contributed by atoms with Crippen molar-refractivity contribution in [2.24, 2.45) is 12.2 Å². The average molecular weight is 295 g/mol. The molecule has 0 amide bonds. The quantitative estimate of drug-likeness (QED) is 0.141. The van der Waals surface area contributed by atoms with E-state index in [1.54, 1.807) is 0 Å². The minimum Gasteiger partial charge on any atom is -0.418 e. The molecule has 0 bridgehead atoms. The molecular formula is C10H18BF4N5. The van der Waals surface area contributed by atoms with Gasteiger partial charge < -0.3 is 17.3 Å². The molecule has 0 aliphatic carbocycles. The van der Waals surface area contributed by atoms with E-state index in [1.165, 1.54) is 12.8 Å². The van der Waals surface area contributed by atoms with E-state index in [4.69, 9.17) is 5.53 Å². The zero-order valence-corrected chi connectivity index (χ0v) is 11.3. The summed E-state index contributed by atoms with van der Waals surface area (Å²) in [6.45, 7) is 1.71. The summed E-state index contributed by atoms with van der Waals surface area (Å²) in [5.74, 6) is 0. The number of azide groups is 1. The summed E-state index contributed by atoms with van der Waals surface area (Å²) in [5, 5.41) is 3.50. The zero-order valence-electron chi connectivity index (χ0n) is 11.3. The number of aryl methyl sites for hydroxylation is 2. The van der Waals surface area contributed by atoms with Crippen LogP contribution in [0.15, 0.2) is 23.8 Å². The molecule has 1 aromatic rings. The van der Waals surface area contributed by atoms with Crippen molar-refractivity contribution in [3.8, 4) is 0 Å². The molecule has 0 fully saturated rings. The van der Waals surface area contributed by atoms with Crippen LogP contribution in [-0.4, -0.2) is 18.4 Å². The van der Waals surface area contributed by atoms with Crippen molar-refractivity contribution >= 4 is 7.25 Å². The van der Waals surface area contributed by atoms with E-state index in [0.717, 1.165) is 19.4 Å². The van der Waals surface area contributed by atoms with E-state index in [0.29, 0.717) is 6.54 Å². The number of imidazole rings is 1. The molecular weight excluding hydrogens is 277 g/mol. The minimum atomic E-state index is -6.00. The fourth-order valence-corrected chi connectivity index (χ4v) is 1.51. The van der Waals surface area contributed by atoms with Gasteiger partial charge in [0, 0.05) is 11.5 Å². The standard InChI is InChI=1S/C10H18N5.BF4/c1-14-8-9-15(10-14)7-5-3-2-4-6-12-13-11;2-1(3,4)5/h8-10H,2-7H2,1H3;/q+1;-1. The first-order valence-electron chi connectivity index (χ1n) is 6.22. The van der Waals surface area contributed by atoms with Gasteiger partial charge >= 0.3 is 7.25 Å². The first-order valence-corrected chi connectivity index (χ1v) is 6.22. The molecule has 0 aliphatic rings. The van der Waals surface area contributed by atoms with Crippen LogP contribution in [0.3, 0.4) is 0 Å². The Morgan fingerprint density at radius 2 is 1.80 bits per heavy atom. The van der Waals surface area contributed by atoms with Gasteiger partial charge in [-0.3, -0.25) is 0 Å². The lowest BCUT2D eigenvalue weighted by Gasteiger charge is -1.97. The molecule has 5 nitrogen and oxygen atoms in total. The third kappa shape index (κ3) is 14.4. The summed E-state index contributed by atoms with van der Waals surface area (Å²) in [6.07, 6.45) is 10.7. The highest BCUT2D eigenvalue weighted by molar-refractivity contribution is 6.50. The Morgan fingerprint density at radius 1 is 1.20 bits per heavy atom. The van der Waals surface area contributed by atoms with Crippen LogP contribution in [0.5, 0.6) is 0 Å². The lowest BCUT2D eigenvalue weighted by atomic mass is 10.2. The molecule has 0 saturated carbocycles. The maximum atomic E-state index is 9.75. The molecule has 1 aromatic heterocycles. The van der Waals surface area contributed by atoms with E-state index in [2.05, 4.69) is 27.1 Å². The van der Waals surface area contributed by atoms with Crippen molar-refractivity contribution < 1.29 is 21.8 Å². The predicted octanol–water partition coefficient (Wildman–Crippen LogP) is 3.48. The number of nitrogens with zero attached hydrogens (tertiary/aromatic N) is 5. The topological polar surface area (TPSA) is 57.6 Å². The molecule has 0 radical (unpaired) electrons. The van der Waals surface area contributed by atoms with Crippen molar-refractivity contribution in [2.75, 3.05) is 6.54 Å². The molecule has 0 saturated heterocycles. The third-order valence-electron chi connectivity index (χ3n) is 2.31. The highest BCUT2D eigenvalue weighted by atomic mass is 19.5. The SMILES string of the molecule is C[n+]1ccn(CCCCCCN=[N+]=[N-])c1.F[B-](F)(F)F. The minimum absolute atomic E-state index is 0.634. The van der Waals surface area contributed by atoms with Crippen molar-refractivity contribution in [3.63, 3.8) is 0 Å². The predicted molar refractivity (Wildman–Crippen MR) is 68.3 cm³/mol. The largest absolute Gasteiger partial charge is 0.673 e. The van der Waals surface area contributed by atoms with E-state index in [9.17, 15) is 17.3 Å². The molecule has 1 heterocycles. The zero-order chi connectivity index (χ0) is 15.4. The van der Waals surface area contributed by atoms with E-state index < -0.39 is 7.25 Å². The van der Waals surface area contributed by atoms with Crippen molar-refractivity contribution in [1.29, 1.82) is 0 Å². The maximum Gasteiger partial charge on any atom is 0.673 e. The lowest BCUT2D eigenvalue weighted by molar-refractivity contribution is -0.671. The van der Waals surface area contributed by atoms with Crippen LogP contribution in [0.25, 0.3) is 10.4 Å². The number of halogens is 4. The van der Waals surface area contributed by atoms with Gasteiger partial charge in [0.05, 0.1) is 13.6 Å².